The zero-order valence-electron chi connectivity index (χ0n) is 10.7. The number of hydrogen-bond donors (Lipinski definition) is 0. The average molecular weight is 261 g/mol. The molecule has 4 heteroatoms. The molecule has 2 nitrogen and oxygen atoms in total. The van der Waals surface area contributed by atoms with Crippen LogP contribution in [-0.2, 0) is 5.88 Å². The van der Waals surface area contributed by atoms with E-state index in [0.29, 0.717) is 17.3 Å². The van der Waals surface area contributed by atoms with E-state index >= 15 is 0 Å². The molecule has 16 heavy (non-hydrogen) atoms. The number of aromatic nitrogens is 1. The second-order valence-corrected chi connectivity index (χ2v) is 6.62. The fraction of sp³-hybridized carbons (Fsp3) is 0.750. The number of alkyl halides is 1. The van der Waals surface area contributed by atoms with Crippen LogP contribution in [0.4, 0.5) is 0 Å². The molecule has 0 aliphatic heterocycles. The molecule has 92 valence electrons. The van der Waals surface area contributed by atoms with Gasteiger partial charge in [0.15, 0.2) is 0 Å². The Labute approximate surface area is 108 Å². The molecule has 1 aromatic rings. The summed E-state index contributed by atoms with van der Waals surface area (Å²) in [5, 5.41) is 3.20. The topological polar surface area (TPSA) is 16.1 Å². The predicted octanol–water partition coefficient (Wildman–Crippen LogP) is 3.92. The van der Waals surface area contributed by atoms with Gasteiger partial charge >= 0.3 is 0 Å². The molecule has 0 saturated heterocycles. The van der Waals surface area contributed by atoms with E-state index in [1.807, 2.05) is 5.38 Å². The summed E-state index contributed by atoms with van der Waals surface area (Å²) in [6.07, 6.45) is 0. The Morgan fingerprint density at radius 3 is 2.56 bits per heavy atom. The van der Waals surface area contributed by atoms with E-state index in [1.165, 1.54) is 0 Å². The molecule has 0 saturated carbocycles. The van der Waals surface area contributed by atoms with Crippen LogP contribution in [-0.4, -0.2) is 23.5 Å². The van der Waals surface area contributed by atoms with Gasteiger partial charge in [-0.1, -0.05) is 20.8 Å². The highest BCUT2D eigenvalue weighted by Gasteiger charge is 2.20. The van der Waals surface area contributed by atoms with Gasteiger partial charge < -0.3 is 0 Å². The number of thiazole rings is 1. The van der Waals surface area contributed by atoms with E-state index in [2.05, 4.69) is 44.6 Å². The monoisotopic (exact) mass is 260 g/mol. The molecule has 1 heterocycles. The lowest BCUT2D eigenvalue weighted by Gasteiger charge is -2.30. The first-order valence-corrected chi connectivity index (χ1v) is 6.95. The highest BCUT2D eigenvalue weighted by molar-refractivity contribution is 7.09. The number of halogens is 1. The summed E-state index contributed by atoms with van der Waals surface area (Å²) in [6.45, 7) is 10.0. The summed E-state index contributed by atoms with van der Waals surface area (Å²) in [4.78, 5) is 6.87. The third kappa shape index (κ3) is 4.04. The van der Waals surface area contributed by atoms with Crippen molar-refractivity contribution in [1.82, 2.24) is 9.88 Å². The van der Waals surface area contributed by atoms with Gasteiger partial charge in [0.2, 0.25) is 0 Å². The fourth-order valence-electron chi connectivity index (χ4n) is 1.65. The van der Waals surface area contributed by atoms with Crippen LogP contribution in [0.3, 0.4) is 0 Å². The zero-order chi connectivity index (χ0) is 12.3. The Kier molecular flexibility index (Phi) is 4.77. The van der Waals surface area contributed by atoms with Crippen LogP contribution in [0.5, 0.6) is 0 Å². The van der Waals surface area contributed by atoms with E-state index in [9.17, 15) is 0 Å². The van der Waals surface area contributed by atoms with Gasteiger partial charge in [-0.15, -0.1) is 22.9 Å². The maximum atomic E-state index is 5.76. The minimum atomic E-state index is 0.315. The maximum Gasteiger partial charge on any atom is 0.110 e. The normalized spacial score (nSPS) is 14.4. The minimum Gasteiger partial charge on any atom is -0.297 e. The highest BCUT2D eigenvalue weighted by atomic mass is 35.5. The quantitative estimate of drug-likeness (QED) is 0.763. The molecule has 1 unspecified atom stereocenters. The van der Waals surface area contributed by atoms with Gasteiger partial charge in [0.25, 0.3) is 0 Å². The Bertz CT molecular complexity index is 330. The van der Waals surface area contributed by atoms with Gasteiger partial charge in [-0.05, 0) is 19.4 Å². The molecular formula is C12H21ClN2S. The van der Waals surface area contributed by atoms with E-state index < -0.39 is 0 Å². The van der Waals surface area contributed by atoms with E-state index in [0.717, 1.165) is 17.2 Å². The maximum absolute atomic E-state index is 5.76. The average Bonchev–Trinajstić information content (AvgIpc) is 2.61. The van der Waals surface area contributed by atoms with Crippen LogP contribution in [0.15, 0.2) is 5.38 Å². The van der Waals surface area contributed by atoms with Crippen molar-refractivity contribution < 1.29 is 0 Å². The second kappa shape index (κ2) is 5.48. The Morgan fingerprint density at radius 2 is 2.12 bits per heavy atom. The molecule has 0 aliphatic rings. The SMILES string of the molecule is CC(c1nc(CCl)cs1)N(C)CC(C)(C)C. The van der Waals surface area contributed by atoms with E-state index in [-0.39, 0.29) is 0 Å². The lowest BCUT2D eigenvalue weighted by Crippen LogP contribution is -2.31. The van der Waals surface area contributed by atoms with Crippen LogP contribution in [0.2, 0.25) is 0 Å². The lowest BCUT2D eigenvalue weighted by atomic mass is 9.96. The Balaban J connectivity index is 2.66. The van der Waals surface area contributed by atoms with Gasteiger partial charge in [-0.3, -0.25) is 4.90 Å². The summed E-state index contributed by atoms with van der Waals surface area (Å²) in [5.41, 5.74) is 1.30. The summed E-state index contributed by atoms with van der Waals surface area (Å²) < 4.78 is 0. The Hall–Kier alpha value is -0.120. The molecule has 0 bridgehead atoms. The van der Waals surface area contributed by atoms with Crippen molar-refractivity contribution in [2.45, 2.75) is 39.6 Å². The molecule has 0 fully saturated rings. The molecule has 0 aliphatic carbocycles. The summed E-state index contributed by atoms with van der Waals surface area (Å²) >= 11 is 7.46. The van der Waals surface area contributed by atoms with Crippen LogP contribution in [0.1, 0.15) is 44.4 Å². The van der Waals surface area contributed by atoms with E-state index in [1.54, 1.807) is 11.3 Å². The van der Waals surface area contributed by atoms with Crippen molar-refractivity contribution in [3.8, 4) is 0 Å². The third-order valence-corrected chi connectivity index (χ3v) is 3.79. The predicted molar refractivity (Wildman–Crippen MR) is 72.2 cm³/mol. The molecular weight excluding hydrogens is 240 g/mol. The summed E-state index contributed by atoms with van der Waals surface area (Å²) in [5.74, 6) is 0.506. The fourth-order valence-corrected chi connectivity index (χ4v) is 2.82. The van der Waals surface area contributed by atoms with Gasteiger partial charge in [-0.2, -0.15) is 0 Å². The van der Waals surface area contributed by atoms with Crippen molar-refractivity contribution >= 4 is 22.9 Å². The number of rotatable bonds is 4. The van der Waals surface area contributed by atoms with E-state index in [4.69, 9.17) is 11.6 Å². The molecule has 0 aromatic carbocycles. The smallest absolute Gasteiger partial charge is 0.110 e. The van der Waals surface area contributed by atoms with Crippen molar-refractivity contribution in [3.05, 3.63) is 16.1 Å². The number of nitrogens with zero attached hydrogens (tertiary/aromatic N) is 2. The molecule has 0 radical (unpaired) electrons. The second-order valence-electron chi connectivity index (χ2n) is 5.46. The van der Waals surface area contributed by atoms with Gasteiger partial charge in [0, 0.05) is 11.9 Å². The van der Waals surface area contributed by atoms with Crippen molar-refractivity contribution in [2.75, 3.05) is 13.6 Å². The Morgan fingerprint density at radius 1 is 1.50 bits per heavy atom. The van der Waals surface area contributed by atoms with Gasteiger partial charge in [0.05, 0.1) is 17.6 Å². The third-order valence-electron chi connectivity index (χ3n) is 2.45. The molecule has 1 aromatic heterocycles. The van der Waals surface area contributed by atoms with Crippen molar-refractivity contribution in [3.63, 3.8) is 0 Å². The van der Waals surface area contributed by atoms with Crippen LogP contribution in [0, 0.1) is 5.41 Å². The van der Waals surface area contributed by atoms with Crippen LogP contribution >= 0.6 is 22.9 Å². The molecule has 1 rings (SSSR count). The molecule has 1 atom stereocenters. The first kappa shape index (κ1) is 13.9. The van der Waals surface area contributed by atoms with Crippen molar-refractivity contribution in [1.29, 1.82) is 0 Å². The van der Waals surface area contributed by atoms with Crippen LogP contribution < -0.4 is 0 Å². The molecule has 0 spiro atoms. The summed E-state index contributed by atoms with van der Waals surface area (Å²) in [7, 11) is 2.15. The standard InChI is InChI=1S/C12H21ClN2S/c1-9(15(5)8-12(2,3)4)11-14-10(6-13)7-16-11/h7,9H,6,8H2,1-5H3. The first-order chi connectivity index (χ1) is 7.33. The van der Waals surface area contributed by atoms with Crippen molar-refractivity contribution in [2.24, 2.45) is 5.41 Å². The van der Waals surface area contributed by atoms with Crippen LogP contribution in [0.25, 0.3) is 0 Å². The largest absolute Gasteiger partial charge is 0.297 e. The van der Waals surface area contributed by atoms with Gasteiger partial charge in [-0.25, -0.2) is 4.98 Å². The highest BCUT2D eigenvalue weighted by Crippen LogP contribution is 2.26. The lowest BCUT2D eigenvalue weighted by molar-refractivity contribution is 0.182. The molecule has 0 N–H and O–H groups in total. The zero-order valence-corrected chi connectivity index (χ0v) is 12.3. The van der Waals surface area contributed by atoms with Gasteiger partial charge in [0.1, 0.15) is 5.01 Å². The summed E-state index contributed by atoms with van der Waals surface area (Å²) in [6, 6.07) is 0.362. The minimum absolute atomic E-state index is 0.315. The molecule has 0 amide bonds. The number of hydrogen-bond acceptors (Lipinski definition) is 3. The first-order valence-electron chi connectivity index (χ1n) is 5.54.